The van der Waals surface area contributed by atoms with Gasteiger partial charge in [-0.1, -0.05) is 18.2 Å². The summed E-state index contributed by atoms with van der Waals surface area (Å²) in [5.74, 6) is 0.254. The Morgan fingerprint density at radius 3 is 2.61 bits per heavy atom. The zero-order chi connectivity index (χ0) is 19.9. The van der Waals surface area contributed by atoms with Crippen LogP contribution in [-0.2, 0) is 6.61 Å². The molecule has 6 nitrogen and oxygen atoms in total. The molecule has 0 aliphatic heterocycles. The Kier molecular flexibility index (Phi) is 5.91. The quantitative estimate of drug-likeness (QED) is 0.595. The molecule has 0 spiro atoms. The monoisotopic (exact) mass is 377 g/mol. The minimum atomic E-state index is -0.977. The molecule has 0 aliphatic carbocycles. The van der Waals surface area contributed by atoms with Crippen LogP contribution in [0.1, 0.15) is 21.5 Å². The van der Waals surface area contributed by atoms with Crippen molar-refractivity contribution in [3.8, 4) is 17.2 Å². The lowest BCUT2D eigenvalue weighted by Crippen LogP contribution is -2.01. The third-order valence-electron chi connectivity index (χ3n) is 3.95. The molecular weight excluding hydrogens is 358 g/mol. The number of carbonyl (C=O) groups is 1. The zero-order valence-electron chi connectivity index (χ0n) is 15.2. The summed E-state index contributed by atoms with van der Waals surface area (Å²) in [4.78, 5) is 15.4. The van der Waals surface area contributed by atoms with Gasteiger partial charge in [0.2, 0.25) is 0 Å². The second kappa shape index (κ2) is 8.73. The Bertz CT molecular complexity index is 1010. The Hall–Kier alpha value is -3.80. The van der Waals surface area contributed by atoms with Gasteiger partial charge in [0.05, 0.1) is 18.4 Å². The molecule has 0 atom stereocenters. The van der Waals surface area contributed by atoms with E-state index in [1.165, 1.54) is 6.07 Å². The molecule has 0 fully saturated rings. The molecule has 0 aromatic heterocycles. The average molecular weight is 377 g/mol. The van der Waals surface area contributed by atoms with Gasteiger partial charge in [-0.3, -0.25) is 4.99 Å². The highest BCUT2D eigenvalue weighted by Gasteiger charge is 2.07. The number of aliphatic imine (C=N–C) groups is 1. The third kappa shape index (κ3) is 4.88. The van der Waals surface area contributed by atoms with Gasteiger partial charge in [0.25, 0.3) is 0 Å². The lowest BCUT2D eigenvalue weighted by atomic mass is 10.1. The van der Waals surface area contributed by atoms with E-state index in [1.54, 1.807) is 67.9 Å². The van der Waals surface area contributed by atoms with Crippen molar-refractivity contribution in [2.75, 3.05) is 7.11 Å². The van der Waals surface area contributed by atoms with Crippen LogP contribution in [-0.4, -0.2) is 29.5 Å². The molecule has 6 heteroatoms. The maximum absolute atomic E-state index is 11.1. The first-order chi connectivity index (χ1) is 13.5. The molecule has 3 aromatic rings. The number of methoxy groups -OCH3 is 1. The fourth-order valence-electron chi connectivity index (χ4n) is 2.56. The summed E-state index contributed by atoms with van der Waals surface area (Å²) < 4.78 is 11.2. The Labute approximate surface area is 162 Å². The molecule has 28 heavy (non-hydrogen) atoms. The fourth-order valence-corrected chi connectivity index (χ4v) is 2.56. The van der Waals surface area contributed by atoms with Gasteiger partial charge in [0.1, 0.15) is 12.4 Å². The number of phenolic OH excluding ortho intramolecular Hbond substituents is 1. The van der Waals surface area contributed by atoms with Gasteiger partial charge in [-0.05, 0) is 53.6 Å². The van der Waals surface area contributed by atoms with Gasteiger partial charge in [0.15, 0.2) is 11.5 Å². The summed E-state index contributed by atoms with van der Waals surface area (Å²) in [7, 11) is 1.55. The number of aromatic carboxylic acids is 1. The molecule has 0 unspecified atom stereocenters. The highest BCUT2D eigenvalue weighted by atomic mass is 16.5. The van der Waals surface area contributed by atoms with Gasteiger partial charge in [-0.25, -0.2) is 4.79 Å². The maximum atomic E-state index is 11.1. The van der Waals surface area contributed by atoms with Gasteiger partial charge < -0.3 is 19.7 Å². The lowest BCUT2D eigenvalue weighted by molar-refractivity contribution is 0.0696. The van der Waals surface area contributed by atoms with Crippen LogP contribution in [0.5, 0.6) is 17.2 Å². The minimum Gasteiger partial charge on any atom is -0.508 e. The van der Waals surface area contributed by atoms with Crippen LogP contribution in [0.2, 0.25) is 0 Å². The van der Waals surface area contributed by atoms with E-state index in [9.17, 15) is 9.90 Å². The molecule has 0 amide bonds. The van der Waals surface area contributed by atoms with Crippen molar-refractivity contribution in [3.05, 3.63) is 83.4 Å². The predicted molar refractivity (Wildman–Crippen MR) is 106 cm³/mol. The van der Waals surface area contributed by atoms with Gasteiger partial charge in [0, 0.05) is 12.3 Å². The number of hydrogen-bond donors (Lipinski definition) is 2. The van der Waals surface area contributed by atoms with Crippen molar-refractivity contribution in [2.45, 2.75) is 6.61 Å². The first-order valence-corrected chi connectivity index (χ1v) is 8.51. The Morgan fingerprint density at radius 2 is 1.86 bits per heavy atom. The van der Waals surface area contributed by atoms with Crippen molar-refractivity contribution >= 4 is 17.9 Å². The molecule has 2 N–H and O–H groups in total. The number of hydrogen-bond acceptors (Lipinski definition) is 5. The average Bonchev–Trinajstić information content (AvgIpc) is 2.71. The van der Waals surface area contributed by atoms with Crippen LogP contribution in [0.25, 0.3) is 0 Å². The van der Waals surface area contributed by atoms with E-state index in [2.05, 4.69) is 4.99 Å². The number of aromatic hydroxyl groups is 1. The lowest BCUT2D eigenvalue weighted by Gasteiger charge is -2.11. The SMILES string of the molecule is COc1cc(C=Nc2cccc(O)c2)ccc1OCc1cccc(C(=O)O)c1. The van der Waals surface area contributed by atoms with Crippen LogP contribution in [0.3, 0.4) is 0 Å². The Balaban J connectivity index is 1.72. The summed E-state index contributed by atoms with van der Waals surface area (Å²) in [5, 5.41) is 18.6. The summed E-state index contributed by atoms with van der Waals surface area (Å²) in [5.41, 5.74) is 2.40. The molecule has 142 valence electrons. The van der Waals surface area contributed by atoms with E-state index in [4.69, 9.17) is 14.6 Å². The summed E-state index contributed by atoms with van der Waals surface area (Å²) in [6.45, 7) is 0.216. The molecule has 0 bridgehead atoms. The van der Waals surface area contributed by atoms with Crippen LogP contribution in [0, 0.1) is 0 Å². The first kappa shape index (κ1) is 19.0. The van der Waals surface area contributed by atoms with E-state index in [0.717, 1.165) is 11.1 Å². The molecule has 0 saturated carbocycles. The van der Waals surface area contributed by atoms with Gasteiger partial charge >= 0.3 is 5.97 Å². The number of benzene rings is 3. The van der Waals surface area contributed by atoms with E-state index >= 15 is 0 Å². The van der Waals surface area contributed by atoms with Crippen molar-refractivity contribution < 1.29 is 24.5 Å². The second-order valence-electron chi connectivity index (χ2n) is 5.98. The van der Waals surface area contributed by atoms with Crippen molar-refractivity contribution in [1.82, 2.24) is 0 Å². The number of ether oxygens (including phenoxy) is 2. The summed E-state index contributed by atoms with van der Waals surface area (Å²) in [6.07, 6.45) is 1.66. The molecule has 0 aliphatic rings. The largest absolute Gasteiger partial charge is 0.508 e. The number of nitrogens with zero attached hydrogens (tertiary/aromatic N) is 1. The van der Waals surface area contributed by atoms with Crippen molar-refractivity contribution in [3.63, 3.8) is 0 Å². The molecule has 0 radical (unpaired) electrons. The van der Waals surface area contributed by atoms with E-state index in [1.807, 2.05) is 6.07 Å². The molecule has 3 rings (SSSR count). The highest BCUT2D eigenvalue weighted by Crippen LogP contribution is 2.29. The zero-order valence-corrected chi connectivity index (χ0v) is 15.2. The summed E-state index contributed by atoms with van der Waals surface area (Å²) >= 11 is 0. The van der Waals surface area contributed by atoms with Gasteiger partial charge in [-0.2, -0.15) is 0 Å². The standard InChI is InChI=1S/C22H19NO5/c1-27-21-11-15(13-23-18-6-3-7-19(24)12-18)8-9-20(21)28-14-16-4-2-5-17(10-16)22(25)26/h2-13,24H,14H2,1H3,(H,25,26). The third-order valence-corrected chi connectivity index (χ3v) is 3.95. The van der Waals surface area contributed by atoms with E-state index < -0.39 is 5.97 Å². The van der Waals surface area contributed by atoms with E-state index in [-0.39, 0.29) is 17.9 Å². The van der Waals surface area contributed by atoms with Crippen LogP contribution in [0.15, 0.2) is 71.7 Å². The van der Waals surface area contributed by atoms with Crippen molar-refractivity contribution in [1.29, 1.82) is 0 Å². The van der Waals surface area contributed by atoms with Crippen LogP contribution >= 0.6 is 0 Å². The fraction of sp³-hybridized carbons (Fsp3) is 0.0909. The number of carboxylic acid groups (broad SMARTS) is 1. The molecule has 0 saturated heterocycles. The predicted octanol–water partition coefficient (Wildman–Crippen LogP) is 4.43. The van der Waals surface area contributed by atoms with Gasteiger partial charge in [-0.15, -0.1) is 0 Å². The molecular formula is C22H19NO5. The van der Waals surface area contributed by atoms with Crippen molar-refractivity contribution in [2.24, 2.45) is 4.99 Å². The molecule has 0 heterocycles. The molecule has 3 aromatic carbocycles. The van der Waals surface area contributed by atoms with Crippen LogP contribution in [0.4, 0.5) is 5.69 Å². The highest BCUT2D eigenvalue weighted by molar-refractivity contribution is 5.87. The normalized spacial score (nSPS) is 10.8. The minimum absolute atomic E-state index is 0.156. The Morgan fingerprint density at radius 1 is 1.04 bits per heavy atom. The number of phenols is 1. The summed E-state index contributed by atoms with van der Waals surface area (Å²) in [6, 6.07) is 18.6. The van der Waals surface area contributed by atoms with E-state index in [0.29, 0.717) is 17.2 Å². The second-order valence-corrected chi connectivity index (χ2v) is 5.98. The smallest absolute Gasteiger partial charge is 0.335 e. The topological polar surface area (TPSA) is 88.4 Å². The number of rotatable bonds is 7. The maximum Gasteiger partial charge on any atom is 0.335 e. The first-order valence-electron chi connectivity index (χ1n) is 8.51. The van der Waals surface area contributed by atoms with Crippen LogP contribution < -0.4 is 9.47 Å². The number of carboxylic acids is 1.